The summed E-state index contributed by atoms with van der Waals surface area (Å²) in [7, 11) is 1.22. The zero-order valence-electron chi connectivity index (χ0n) is 6.87. The van der Waals surface area contributed by atoms with Crippen molar-refractivity contribution in [2.75, 3.05) is 12.8 Å². The Hall–Kier alpha value is -1.78. The van der Waals surface area contributed by atoms with Crippen LogP contribution in [0.15, 0.2) is 12.1 Å². The number of hydrogen-bond donors (Lipinski definition) is 2. The Kier molecular flexibility index (Phi) is 2.36. The maximum Gasteiger partial charge on any atom is 0.338 e. The molecule has 0 bridgehead atoms. The van der Waals surface area contributed by atoms with Crippen molar-refractivity contribution in [3.63, 3.8) is 0 Å². The van der Waals surface area contributed by atoms with Crippen molar-refractivity contribution < 1.29 is 19.0 Å². The average Bonchev–Trinajstić information content (AvgIpc) is 2.04. The minimum Gasteiger partial charge on any atom is -0.492 e. The number of carboxylic acid groups (broad SMARTS) is 1. The normalized spacial score (nSPS) is 9.69. The van der Waals surface area contributed by atoms with Gasteiger partial charge in [0, 0.05) is 0 Å². The van der Waals surface area contributed by atoms with Gasteiger partial charge in [0.15, 0.2) is 11.6 Å². The van der Waals surface area contributed by atoms with Gasteiger partial charge in [-0.3, -0.25) is 0 Å². The molecule has 0 spiro atoms. The zero-order valence-corrected chi connectivity index (χ0v) is 6.87. The molecule has 0 heterocycles. The Balaban J connectivity index is 3.35. The summed E-state index contributed by atoms with van der Waals surface area (Å²) in [6, 6.07) is 2.38. The number of benzene rings is 1. The number of hydrogen-bond acceptors (Lipinski definition) is 3. The molecule has 0 amide bonds. The van der Waals surface area contributed by atoms with Crippen LogP contribution in [0.4, 0.5) is 10.1 Å². The van der Waals surface area contributed by atoms with Gasteiger partial charge in [0.05, 0.1) is 18.4 Å². The second-order valence-corrected chi connectivity index (χ2v) is 2.35. The van der Waals surface area contributed by atoms with Crippen molar-refractivity contribution in [2.45, 2.75) is 0 Å². The van der Waals surface area contributed by atoms with Gasteiger partial charge in [-0.25, -0.2) is 9.18 Å². The van der Waals surface area contributed by atoms with Crippen LogP contribution in [0.2, 0.25) is 0 Å². The standard InChI is InChI=1S/C8H8FNO3/c1-13-7-5(10)3-2-4(6(7)9)8(11)12/h2-3H,10H2,1H3,(H,11,12). The molecule has 1 aromatic carbocycles. The lowest BCUT2D eigenvalue weighted by molar-refractivity contribution is 0.0691. The lowest BCUT2D eigenvalue weighted by Crippen LogP contribution is -2.04. The summed E-state index contributed by atoms with van der Waals surface area (Å²) in [5.41, 5.74) is 4.96. The minimum absolute atomic E-state index is 0.0741. The molecule has 70 valence electrons. The molecule has 13 heavy (non-hydrogen) atoms. The minimum atomic E-state index is -1.35. The Morgan fingerprint density at radius 3 is 2.69 bits per heavy atom. The molecule has 0 aliphatic carbocycles. The van der Waals surface area contributed by atoms with Gasteiger partial charge in [0.25, 0.3) is 0 Å². The van der Waals surface area contributed by atoms with E-state index in [0.29, 0.717) is 0 Å². The van der Waals surface area contributed by atoms with Gasteiger partial charge < -0.3 is 15.6 Å². The van der Waals surface area contributed by atoms with E-state index in [1.54, 1.807) is 0 Å². The molecule has 0 saturated carbocycles. The van der Waals surface area contributed by atoms with Crippen LogP contribution < -0.4 is 10.5 Å². The molecule has 0 fully saturated rings. The Morgan fingerprint density at radius 2 is 2.23 bits per heavy atom. The monoisotopic (exact) mass is 185 g/mol. The summed E-state index contributed by atoms with van der Waals surface area (Å²) in [5.74, 6) is -2.54. The van der Waals surface area contributed by atoms with E-state index in [1.165, 1.54) is 13.2 Å². The Bertz CT molecular complexity index is 351. The second kappa shape index (κ2) is 3.30. The van der Waals surface area contributed by atoms with Crippen LogP contribution in [0.3, 0.4) is 0 Å². The Labute approximate surface area is 73.7 Å². The fraction of sp³-hybridized carbons (Fsp3) is 0.125. The summed E-state index contributed by atoms with van der Waals surface area (Å²) in [5, 5.41) is 8.54. The van der Waals surface area contributed by atoms with Crippen LogP contribution in [0.1, 0.15) is 10.4 Å². The third kappa shape index (κ3) is 1.53. The fourth-order valence-electron chi connectivity index (χ4n) is 0.944. The number of aromatic carboxylic acids is 1. The number of rotatable bonds is 2. The van der Waals surface area contributed by atoms with E-state index in [2.05, 4.69) is 4.74 Å². The molecule has 3 N–H and O–H groups in total. The highest BCUT2D eigenvalue weighted by Gasteiger charge is 2.16. The molecular formula is C8H8FNO3. The SMILES string of the molecule is COc1c(N)ccc(C(=O)O)c1F. The van der Waals surface area contributed by atoms with Gasteiger partial charge in [0.2, 0.25) is 0 Å². The lowest BCUT2D eigenvalue weighted by Gasteiger charge is -2.06. The van der Waals surface area contributed by atoms with Crippen molar-refractivity contribution in [3.8, 4) is 5.75 Å². The second-order valence-electron chi connectivity index (χ2n) is 2.35. The molecule has 0 aromatic heterocycles. The van der Waals surface area contributed by atoms with Crippen LogP contribution in [-0.2, 0) is 0 Å². The van der Waals surface area contributed by atoms with E-state index in [9.17, 15) is 9.18 Å². The third-order valence-corrected chi connectivity index (χ3v) is 1.56. The molecule has 0 unspecified atom stereocenters. The summed E-state index contributed by atoms with van der Waals surface area (Å²) < 4.78 is 17.8. The van der Waals surface area contributed by atoms with E-state index in [4.69, 9.17) is 10.8 Å². The molecule has 0 saturated heterocycles. The van der Waals surface area contributed by atoms with Gasteiger partial charge in [-0.2, -0.15) is 0 Å². The van der Waals surface area contributed by atoms with E-state index in [0.717, 1.165) is 6.07 Å². The number of ether oxygens (including phenoxy) is 1. The molecule has 0 aliphatic rings. The van der Waals surface area contributed by atoms with Crippen molar-refractivity contribution in [1.82, 2.24) is 0 Å². The van der Waals surface area contributed by atoms with Crippen LogP contribution in [-0.4, -0.2) is 18.2 Å². The maximum absolute atomic E-state index is 13.2. The lowest BCUT2D eigenvalue weighted by atomic mass is 10.2. The van der Waals surface area contributed by atoms with Gasteiger partial charge in [-0.05, 0) is 12.1 Å². The first-order chi connectivity index (χ1) is 6.07. The van der Waals surface area contributed by atoms with Crippen LogP contribution in [0.25, 0.3) is 0 Å². The van der Waals surface area contributed by atoms with Crippen LogP contribution >= 0.6 is 0 Å². The van der Waals surface area contributed by atoms with E-state index in [1.807, 2.05) is 0 Å². The summed E-state index contributed by atoms with van der Waals surface area (Å²) >= 11 is 0. The van der Waals surface area contributed by atoms with Crippen molar-refractivity contribution >= 4 is 11.7 Å². The number of anilines is 1. The van der Waals surface area contributed by atoms with Gasteiger partial charge in [-0.1, -0.05) is 0 Å². The smallest absolute Gasteiger partial charge is 0.338 e. The maximum atomic E-state index is 13.2. The molecule has 0 radical (unpaired) electrons. The van der Waals surface area contributed by atoms with Crippen LogP contribution in [0, 0.1) is 5.82 Å². The quantitative estimate of drug-likeness (QED) is 0.677. The van der Waals surface area contributed by atoms with Gasteiger partial charge in [-0.15, -0.1) is 0 Å². The summed E-state index contributed by atoms with van der Waals surface area (Å²) in [6.45, 7) is 0. The van der Waals surface area contributed by atoms with E-state index < -0.39 is 17.3 Å². The van der Waals surface area contributed by atoms with Crippen LogP contribution in [0.5, 0.6) is 5.75 Å². The van der Waals surface area contributed by atoms with E-state index >= 15 is 0 Å². The highest BCUT2D eigenvalue weighted by Crippen LogP contribution is 2.27. The fourth-order valence-corrected chi connectivity index (χ4v) is 0.944. The molecule has 0 atom stereocenters. The topological polar surface area (TPSA) is 72.5 Å². The number of nitrogen functional groups attached to an aromatic ring is 1. The predicted octanol–water partition coefficient (Wildman–Crippen LogP) is 1.11. The number of methoxy groups -OCH3 is 1. The molecule has 0 aliphatic heterocycles. The number of carboxylic acids is 1. The summed E-state index contributed by atoms with van der Waals surface area (Å²) in [6.07, 6.45) is 0. The predicted molar refractivity (Wildman–Crippen MR) is 44.3 cm³/mol. The van der Waals surface area contributed by atoms with Crippen molar-refractivity contribution in [1.29, 1.82) is 0 Å². The molecule has 1 aromatic rings. The molecule has 1 rings (SSSR count). The Morgan fingerprint density at radius 1 is 1.62 bits per heavy atom. The highest BCUT2D eigenvalue weighted by atomic mass is 19.1. The van der Waals surface area contributed by atoms with E-state index in [-0.39, 0.29) is 11.4 Å². The molecule has 5 heteroatoms. The number of carbonyl (C=O) groups is 1. The highest BCUT2D eigenvalue weighted by molar-refractivity contribution is 5.89. The first-order valence-electron chi connectivity index (χ1n) is 3.43. The first-order valence-corrected chi connectivity index (χ1v) is 3.43. The molecular weight excluding hydrogens is 177 g/mol. The first kappa shape index (κ1) is 9.31. The average molecular weight is 185 g/mol. The molecule has 4 nitrogen and oxygen atoms in total. The largest absolute Gasteiger partial charge is 0.492 e. The number of halogens is 1. The third-order valence-electron chi connectivity index (χ3n) is 1.56. The van der Waals surface area contributed by atoms with Gasteiger partial charge >= 0.3 is 5.97 Å². The summed E-state index contributed by atoms with van der Waals surface area (Å²) in [4.78, 5) is 10.5. The van der Waals surface area contributed by atoms with Crippen molar-refractivity contribution in [2.24, 2.45) is 0 Å². The zero-order chi connectivity index (χ0) is 10.0. The van der Waals surface area contributed by atoms with Crippen molar-refractivity contribution in [3.05, 3.63) is 23.5 Å². The van der Waals surface area contributed by atoms with Gasteiger partial charge in [0.1, 0.15) is 0 Å². The number of nitrogens with two attached hydrogens (primary N) is 1.